The highest BCUT2D eigenvalue weighted by Gasteiger charge is 2.24. The van der Waals surface area contributed by atoms with Gasteiger partial charge in [0.05, 0.1) is 24.6 Å². The molecule has 0 unspecified atom stereocenters. The van der Waals surface area contributed by atoms with Crippen molar-refractivity contribution in [2.75, 3.05) is 72.9 Å². The number of ether oxygens (including phenoxy) is 1. The molecule has 2 fully saturated rings. The lowest BCUT2D eigenvalue weighted by Crippen LogP contribution is -2.50. The molecule has 2 saturated heterocycles. The summed E-state index contributed by atoms with van der Waals surface area (Å²) in [6, 6.07) is 11.6. The molecule has 2 aliphatic rings. The maximum absolute atomic E-state index is 14.8. The van der Waals surface area contributed by atoms with Crippen LogP contribution in [0.5, 0.6) is 0 Å². The van der Waals surface area contributed by atoms with Gasteiger partial charge in [0.25, 0.3) is 0 Å². The number of benzene rings is 2. The van der Waals surface area contributed by atoms with Crippen LogP contribution in [0.1, 0.15) is 22.8 Å². The molecule has 2 amide bonds. The van der Waals surface area contributed by atoms with Crippen LogP contribution in [0, 0.1) is 12.7 Å². The van der Waals surface area contributed by atoms with Gasteiger partial charge < -0.3 is 30.1 Å². The first kappa shape index (κ1) is 26.4. The fourth-order valence-corrected chi connectivity index (χ4v) is 4.77. The lowest BCUT2D eigenvalue weighted by molar-refractivity contribution is 0.101. The van der Waals surface area contributed by atoms with Gasteiger partial charge in [0.1, 0.15) is 11.6 Å². The molecule has 1 aromatic heterocycles. The van der Waals surface area contributed by atoms with Crippen LogP contribution >= 0.6 is 0 Å². The number of aryl methyl sites for hydroxylation is 1. The zero-order valence-electron chi connectivity index (χ0n) is 22.1. The molecule has 0 aliphatic carbocycles. The van der Waals surface area contributed by atoms with Crippen LogP contribution in [0.25, 0.3) is 0 Å². The Morgan fingerprint density at radius 2 is 1.67 bits per heavy atom. The van der Waals surface area contributed by atoms with E-state index in [-0.39, 0.29) is 17.6 Å². The summed E-state index contributed by atoms with van der Waals surface area (Å²) >= 11 is 0. The lowest BCUT2D eigenvalue weighted by atomic mass is 10.1. The van der Waals surface area contributed by atoms with E-state index in [0.29, 0.717) is 81.1 Å². The zero-order valence-corrected chi connectivity index (χ0v) is 22.1. The lowest BCUT2D eigenvalue weighted by Gasteiger charge is -2.36. The molecule has 0 spiro atoms. The van der Waals surface area contributed by atoms with Crippen LogP contribution in [0.4, 0.5) is 38.0 Å². The van der Waals surface area contributed by atoms with E-state index in [2.05, 4.69) is 20.5 Å². The molecule has 0 saturated carbocycles. The van der Waals surface area contributed by atoms with Gasteiger partial charge in [0, 0.05) is 62.3 Å². The Bertz CT molecular complexity index is 1340. The molecule has 3 aromatic rings. The highest BCUT2D eigenvalue weighted by molar-refractivity contribution is 5.95. The van der Waals surface area contributed by atoms with Gasteiger partial charge in [0.15, 0.2) is 5.78 Å². The van der Waals surface area contributed by atoms with Gasteiger partial charge >= 0.3 is 6.03 Å². The second-order valence-electron chi connectivity index (χ2n) is 9.60. The van der Waals surface area contributed by atoms with Gasteiger partial charge in [-0.1, -0.05) is 6.07 Å². The summed E-state index contributed by atoms with van der Waals surface area (Å²) in [6.07, 6.45) is 1.75. The number of Topliss-reactive ketones (excluding diaryl/α,β-unsaturated/α-hetero) is 1. The van der Waals surface area contributed by atoms with Crippen LogP contribution in [-0.4, -0.2) is 79.2 Å². The number of carbonyl (C=O) groups is 2. The maximum Gasteiger partial charge on any atom is 0.321 e. The summed E-state index contributed by atoms with van der Waals surface area (Å²) < 4.78 is 20.3. The molecule has 2 N–H and O–H groups in total. The Labute approximate surface area is 226 Å². The second-order valence-corrected chi connectivity index (χ2v) is 9.60. The molecule has 3 heterocycles. The highest BCUT2D eigenvalue weighted by Crippen LogP contribution is 2.32. The van der Waals surface area contributed by atoms with Crippen molar-refractivity contribution in [3.63, 3.8) is 0 Å². The Balaban J connectivity index is 1.24. The zero-order chi connectivity index (χ0) is 27.4. The normalized spacial score (nSPS) is 15.7. The molecule has 11 heteroatoms. The average Bonchev–Trinajstić information content (AvgIpc) is 2.95. The van der Waals surface area contributed by atoms with E-state index in [4.69, 9.17) is 9.72 Å². The van der Waals surface area contributed by atoms with Gasteiger partial charge in [-0.25, -0.2) is 14.2 Å². The quantitative estimate of drug-likeness (QED) is 0.458. The van der Waals surface area contributed by atoms with Crippen molar-refractivity contribution in [3.05, 3.63) is 65.6 Å². The summed E-state index contributed by atoms with van der Waals surface area (Å²) in [5.74, 6) is 0.830. The molecular weight excluding hydrogens is 501 g/mol. The monoisotopic (exact) mass is 533 g/mol. The number of amides is 2. The standard InChI is InChI=1S/C28H32FN7O3/c1-19-18-30-27(32-24-5-3-4-23(29)25(24)34-14-16-39-17-15-34)33-26(19)35-10-12-36(13-11-35)28(38)31-22-8-6-21(7-9-22)20(2)37/h3-9,18H,10-17H2,1-2H3,(H,31,38)(H,30,32,33). The predicted molar refractivity (Wildman–Crippen MR) is 149 cm³/mol. The number of piperazine rings is 1. The van der Waals surface area contributed by atoms with Gasteiger partial charge in [-0.15, -0.1) is 0 Å². The van der Waals surface area contributed by atoms with Crippen molar-refractivity contribution < 1.29 is 18.7 Å². The fraction of sp³-hybridized carbons (Fsp3) is 0.357. The number of urea groups is 1. The number of hydrogen-bond acceptors (Lipinski definition) is 8. The number of ketones is 1. The minimum absolute atomic E-state index is 0.0177. The summed E-state index contributed by atoms with van der Waals surface area (Å²) in [5.41, 5.74) is 3.25. The number of carbonyl (C=O) groups excluding carboxylic acids is 2. The fourth-order valence-electron chi connectivity index (χ4n) is 4.77. The molecule has 39 heavy (non-hydrogen) atoms. The maximum atomic E-state index is 14.8. The minimum Gasteiger partial charge on any atom is -0.378 e. The van der Waals surface area contributed by atoms with Crippen molar-refractivity contribution in [2.24, 2.45) is 0 Å². The first-order chi connectivity index (χ1) is 18.9. The first-order valence-electron chi connectivity index (χ1n) is 13.0. The molecule has 5 rings (SSSR count). The molecular formula is C28H32FN7O3. The second kappa shape index (κ2) is 11.6. The Morgan fingerprint density at radius 1 is 0.949 bits per heavy atom. The number of rotatable bonds is 6. The number of aromatic nitrogens is 2. The van der Waals surface area contributed by atoms with E-state index in [1.807, 2.05) is 17.9 Å². The summed E-state index contributed by atoms with van der Waals surface area (Å²) in [5, 5.41) is 6.11. The van der Waals surface area contributed by atoms with Gasteiger partial charge in [0.2, 0.25) is 5.95 Å². The van der Waals surface area contributed by atoms with Crippen molar-refractivity contribution in [2.45, 2.75) is 13.8 Å². The summed E-state index contributed by atoms with van der Waals surface area (Å²) in [6.45, 7) is 8.03. The number of para-hydroxylation sites is 1. The third kappa shape index (κ3) is 6.09. The van der Waals surface area contributed by atoms with E-state index in [9.17, 15) is 14.0 Å². The van der Waals surface area contributed by atoms with Crippen LogP contribution in [-0.2, 0) is 4.74 Å². The molecule has 0 bridgehead atoms. The topological polar surface area (TPSA) is 103 Å². The number of morpholine rings is 1. The highest BCUT2D eigenvalue weighted by atomic mass is 19.1. The van der Waals surface area contributed by atoms with Crippen LogP contribution < -0.4 is 20.4 Å². The van der Waals surface area contributed by atoms with Gasteiger partial charge in [-0.05, 0) is 50.2 Å². The van der Waals surface area contributed by atoms with Crippen molar-refractivity contribution in [3.8, 4) is 0 Å². The number of anilines is 5. The van der Waals surface area contributed by atoms with E-state index < -0.39 is 0 Å². The van der Waals surface area contributed by atoms with Crippen molar-refractivity contribution >= 4 is 40.6 Å². The molecule has 0 radical (unpaired) electrons. The summed E-state index contributed by atoms with van der Waals surface area (Å²) in [7, 11) is 0. The minimum atomic E-state index is -0.307. The van der Waals surface area contributed by atoms with E-state index in [0.717, 1.165) is 11.4 Å². The molecule has 2 aliphatic heterocycles. The largest absolute Gasteiger partial charge is 0.378 e. The Kier molecular flexibility index (Phi) is 7.87. The van der Waals surface area contributed by atoms with Crippen LogP contribution in [0.15, 0.2) is 48.7 Å². The van der Waals surface area contributed by atoms with Crippen molar-refractivity contribution in [1.82, 2.24) is 14.9 Å². The predicted octanol–water partition coefficient (Wildman–Crippen LogP) is 4.06. The Hall–Kier alpha value is -4.25. The van der Waals surface area contributed by atoms with E-state index >= 15 is 0 Å². The van der Waals surface area contributed by atoms with Gasteiger partial charge in [-0.3, -0.25) is 4.79 Å². The molecule has 2 aromatic carbocycles. The number of nitrogens with zero attached hydrogens (tertiary/aromatic N) is 5. The first-order valence-corrected chi connectivity index (χ1v) is 13.0. The van der Waals surface area contributed by atoms with Crippen molar-refractivity contribution in [1.29, 1.82) is 0 Å². The molecule has 10 nitrogen and oxygen atoms in total. The molecule has 204 valence electrons. The third-order valence-corrected chi connectivity index (χ3v) is 6.91. The van der Waals surface area contributed by atoms with E-state index in [1.54, 1.807) is 41.4 Å². The number of nitrogens with one attached hydrogen (secondary N) is 2. The number of hydrogen-bond donors (Lipinski definition) is 2. The van der Waals surface area contributed by atoms with E-state index in [1.165, 1.54) is 13.0 Å². The number of halogens is 1. The van der Waals surface area contributed by atoms with Crippen LogP contribution in [0.2, 0.25) is 0 Å². The third-order valence-electron chi connectivity index (χ3n) is 6.91. The average molecular weight is 534 g/mol. The molecule has 0 atom stereocenters. The SMILES string of the molecule is CC(=O)c1ccc(NC(=O)N2CCN(c3nc(Nc4cccc(F)c4N4CCOCC4)ncc3C)CC2)cc1. The smallest absolute Gasteiger partial charge is 0.321 e. The van der Waals surface area contributed by atoms with Gasteiger partial charge in [-0.2, -0.15) is 4.98 Å². The van der Waals surface area contributed by atoms with Crippen LogP contribution in [0.3, 0.4) is 0 Å². The Morgan fingerprint density at radius 3 is 2.36 bits per heavy atom. The summed E-state index contributed by atoms with van der Waals surface area (Å²) in [4.78, 5) is 39.3.